The Labute approximate surface area is 116 Å². The second-order valence-corrected chi connectivity index (χ2v) is 5.60. The van der Waals surface area contributed by atoms with E-state index in [4.69, 9.17) is 5.26 Å². The Morgan fingerprint density at radius 2 is 2.26 bits per heavy atom. The van der Waals surface area contributed by atoms with Gasteiger partial charge in [-0.3, -0.25) is 0 Å². The van der Waals surface area contributed by atoms with Crippen molar-refractivity contribution >= 4 is 11.8 Å². The topological polar surface area (TPSA) is 49.6 Å². The Kier molecular flexibility index (Phi) is 3.47. The lowest BCUT2D eigenvalue weighted by Crippen LogP contribution is -1.99. The first-order valence-electron chi connectivity index (χ1n) is 6.32. The highest BCUT2D eigenvalue weighted by molar-refractivity contribution is 7.99. The van der Waals surface area contributed by atoms with Crippen LogP contribution in [0.2, 0.25) is 0 Å². The minimum Gasteiger partial charge on any atom is -0.240 e. The molecule has 0 saturated heterocycles. The number of aryl methyl sites for hydroxylation is 1. The monoisotopic (exact) mass is 267 g/mol. The van der Waals surface area contributed by atoms with Crippen LogP contribution in [0.3, 0.4) is 0 Å². The number of thioether (sulfide) groups is 1. The molecule has 2 aromatic rings. The predicted octanol–water partition coefficient (Wildman–Crippen LogP) is 3.25. The minimum absolute atomic E-state index is 0.259. The summed E-state index contributed by atoms with van der Waals surface area (Å²) in [6.45, 7) is 0. The maximum absolute atomic E-state index is 8.71. The lowest BCUT2D eigenvalue weighted by molar-refractivity contribution is 0.890. The van der Waals surface area contributed by atoms with E-state index < -0.39 is 0 Å². The van der Waals surface area contributed by atoms with Crippen LogP contribution in [0.15, 0.2) is 35.4 Å². The first kappa shape index (κ1) is 12.2. The largest absolute Gasteiger partial charge is 0.240 e. The first-order valence-corrected chi connectivity index (χ1v) is 7.30. The van der Waals surface area contributed by atoms with Crippen molar-refractivity contribution in [1.82, 2.24) is 9.97 Å². The number of hydrogen-bond donors (Lipinski definition) is 0. The molecule has 1 aliphatic rings. The number of benzene rings is 1. The molecule has 1 aromatic carbocycles. The van der Waals surface area contributed by atoms with Crippen molar-refractivity contribution in [3.8, 4) is 17.3 Å². The molecule has 0 atom stereocenters. The van der Waals surface area contributed by atoms with Gasteiger partial charge >= 0.3 is 0 Å². The van der Waals surface area contributed by atoms with E-state index in [1.54, 1.807) is 6.20 Å². The van der Waals surface area contributed by atoms with Crippen molar-refractivity contribution in [2.24, 2.45) is 0 Å². The summed E-state index contributed by atoms with van der Waals surface area (Å²) in [4.78, 5) is 9.94. The van der Waals surface area contributed by atoms with Crippen molar-refractivity contribution < 1.29 is 0 Å². The van der Waals surface area contributed by atoms with Gasteiger partial charge in [0, 0.05) is 16.7 Å². The molecule has 0 radical (unpaired) electrons. The Hall–Kier alpha value is -1.86. The number of hydrogen-bond acceptors (Lipinski definition) is 4. The maximum atomic E-state index is 8.71. The average Bonchev–Trinajstić information content (AvgIpc) is 2.47. The highest BCUT2D eigenvalue weighted by Crippen LogP contribution is 2.32. The standard InChI is InChI=1S/C15H13N3S/c16-7-5-15-17-8-6-13(18-15)11-3-4-14-12(10-11)2-1-9-19-14/h3-4,6,8,10H,1-2,5,9H2. The van der Waals surface area contributed by atoms with Crippen molar-refractivity contribution in [3.63, 3.8) is 0 Å². The fraction of sp³-hybridized carbons (Fsp3) is 0.267. The molecule has 1 aromatic heterocycles. The van der Waals surface area contributed by atoms with Crippen LogP contribution >= 0.6 is 11.8 Å². The molecule has 0 aliphatic carbocycles. The highest BCUT2D eigenvalue weighted by atomic mass is 32.2. The Morgan fingerprint density at radius 3 is 3.16 bits per heavy atom. The van der Waals surface area contributed by atoms with Gasteiger partial charge < -0.3 is 0 Å². The van der Waals surface area contributed by atoms with E-state index >= 15 is 0 Å². The molecular weight excluding hydrogens is 254 g/mol. The average molecular weight is 267 g/mol. The second kappa shape index (κ2) is 5.41. The number of rotatable bonds is 2. The molecule has 94 valence electrons. The van der Waals surface area contributed by atoms with Crippen LogP contribution in [0.25, 0.3) is 11.3 Å². The van der Waals surface area contributed by atoms with E-state index in [2.05, 4.69) is 34.2 Å². The molecule has 0 spiro atoms. The summed E-state index contributed by atoms with van der Waals surface area (Å²) in [5.41, 5.74) is 3.43. The Morgan fingerprint density at radius 1 is 1.32 bits per heavy atom. The molecule has 0 amide bonds. The molecule has 3 nitrogen and oxygen atoms in total. The minimum atomic E-state index is 0.259. The summed E-state index contributed by atoms with van der Waals surface area (Å²) in [5, 5.41) is 8.71. The van der Waals surface area contributed by atoms with E-state index in [9.17, 15) is 0 Å². The number of fused-ring (bicyclic) bond motifs is 1. The Bertz CT molecular complexity index is 646. The molecule has 19 heavy (non-hydrogen) atoms. The van der Waals surface area contributed by atoms with Crippen molar-refractivity contribution in [3.05, 3.63) is 41.9 Å². The summed E-state index contributed by atoms with van der Waals surface area (Å²) in [7, 11) is 0. The molecule has 4 heteroatoms. The van der Waals surface area contributed by atoms with Gasteiger partial charge in [-0.15, -0.1) is 11.8 Å². The van der Waals surface area contributed by atoms with Crippen LogP contribution in [0.5, 0.6) is 0 Å². The summed E-state index contributed by atoms with van der Waals surface area (Å²) in [5.74, 6) is 1.80. The zero-order valence-electron chi connectivity index (χ0n) is 10.5. The fourth-order valence-electron chi connectivity index (χ4n) is 2.24. The van der Waals surface area contributed by atoms with E-state index in [0.29, 0.717) is 5.82 Å². The molecule has 0 bridgehead atoms. The quantitative estimate of drug-likeness (QED) is 0.838. The third-order valence-electron chi connectivity index (χ3n) is 3.15. The molecule has 1 aliphatic heterocycles. The molecule has 0 N–H and O–H groups in total. The lowest BCUT2D eigenvalue weighted by atomic mass is 10.0. The molecule has 0 fully saturated rings. The highest BCUT2D eigenvalue weighted by Gasteiger charge is 2.11. The molecular formula is C15H13N3S. The number of nitrogens with zero attached hydrogens (tertiary/aromatic N) is 3. The predicted molar refractivity (Wildman–Crippen MR) is 75.8 cm³/mol. The summed E-state index contributed by atoms with van der Waals surface area (Å²) < 4.78 is 0. The Balaban J connectivity index is 1.98. The summed E-state index contributed by atoms with van der Waals surface area (Å²) >= 11 is 1.93. The van der Waals surface area contributed by atoms with Gasteiger partial charge in [0.05, 0.1) is 18.2 Å². The van der Waals surface area contributed by atoms with Crippen LogP contribution < -0.4 is 0 Å². The summed E-state index contributed by atoms with van der Waals surface area (Å²) in [6, 6.07) is 10.5. The van der Waals surface area contributed by atoms with Gasteiger partial charge in [0.2, 0.25) is 0 Å². The normalized spacial score (nSPS) is 13.6. The van der Waals surface area contributed by atoms with Crippen LogP contribution in [0.4, 0.5) is 0 Å². The number of aromatic nitrogens is 2. The summed E-state index contributed by atoms with van der Waals surface area (Å²) in [6.07, 6.45) is 4.37. The van der Waals surface area contributed by atoms with E-state index in [1.807, 2.05) is 17.8 Å². The maximum Gasteiger partial charge on any atom is 0.142 e. The van der Waals surface area contributed by atoms with Gasteiger partial charge in [0.25, 0.3) is 0 Å². The molecule has 2 heterocycles. The second-order valence-electron chi connectivity index (χ2n) is 4.47. The first-order chi connectivity index (χ1) is 9.36. The zero-order chi connectivity index (χ0) is 13.1. The number of nitriles is 1. The van der Waals surface area contributed by atoms with Crippen molar-refractivity contribution in [1.29, 1.82) is 5.26 Å². The van der Waals surface area contributed by atoms with Crippen LogP contribution in [-0.4, -0.2) is 15.7 Å². The van der Waals surface area contributed by atoms with Gasteiger partial charge in [0.1, 0.15) is 5.82 Å². The third-order valence-corrected chi connectivity index (χ3v) is 4.35. The van der Waals surface area contributed by atoms with E-state index in [-0.39, 0.29) is 6.42 Å². The van der Waals surface area contributed by atoms with Crippen LogP contribution in [-0.2, 0) is 12.8 Å². The van der Waals surface area contributed by atoms with Crippen LogP contribution in [0.1, 0.15) is 17.8 Å². The van der Waals surface area contributed by atoms with Gasteiger partial charge in [-0.05, 0) is 42.4 Å². The third kappa shape index (κ3) is 2.61. The fourth-order valence-corrected chi connectivity index (χ4v) is 3.25. The van der Waals surface area contributed by atoms with Gasteiger partial charge in [-0.2, -0.15) is 5.26 Å². The zero-order valence-corrected chi connectivity index (χ0v) is 11.3. The van der Waals surface area contributed by atoms with Gasteiger partial charge in [0.15, 0.2) is 0 Å². The molecule has 0 saturated carbocycles. The van der Waals surface area contributed by atoms with Crippen molar-refractivity contribution in [2.75, 3.05) is 5.75 Å². The van der Waals surface area contributed by atoms with Crippen LogP contribution in [0, 0.1) is 11.3 Å². The lowest BCUT2D eigenvalue weighted by Gasteiger charge is -2.15. The smallest absolute Gasteiger partial charge is 0.142 e. The van der Waals surface area contributed by atoms with E-state index in [0.717, 1.165) is 17.7 Å². The molecule has 0 unspecified atom stereocenters. The molecule has 3 rings (SSSR count). The van der Waals surface area contributed by atoms with Gasteiger partial charge in [-0.1, -0.05) is 6.07 Å². The van der Waals surface area contributed by atoms with Crippen molar-refractivity contribution in [2.45, 2.75) is 24.2 Å². The van der Waals surface area contributed by atoms with E-state index in [1.165, 1.54) is 22.6 Å². The van der Waals surface area contributed by atoms with Gasteiger partial charge in [-0.25, -0.2) is 9.97 Å². The SMILES string of the molecule is N#CCc1nccc(-c2ccc3c(c2)CCCS3)n1.